The van der Waals surface area contributed by atoms with E-state index in [4.69, 9.17) is 14.2 Å². The summed E-state index contributed by atoms with van der Waals surface area (Å²) >= 11 is 0. The van der Waals surface area contributed by atoms with E-state index in [2.05, 4.69) is 5.32 Å². The molecule has 0 bridgehead atoms. The van der Waals surface area contributed by atoms with Crippen LogP contribution in [0.1, 0.15) is 36.2 Å². The number of anilines is 1. The fourth-order valence-electron chi connectivity index (χ4n) is 2.53. The first kappa shape index (κ1) is 22.5. The highest BCUT2D eigenvalue weighted by Crippen LogP contribution is 2.29. The molecule has 0 aliphatic heterocycles. The summed E-state index contributed by atoms with van der Waals surface area (Å²) in [6.07, 6.45) is 2.31. The number of benzene rings is 2. The summed E-state index contributed by atoms with van der Waals surface area (Å²) in [6, 6.07) is 13.3. The maximum Gasteiger partial charge on any atom is 0.338 e. The fraction of sp³-hybridized carbons (Fsp3) is 0.261. The Morgan fingerprint density at radius 2 is 1.83 bits per heavy atom. The van der Waals surface area contributed by atoms with Crippen LogP contribution in [0.2, 0.25) is 0 Å². The number of methoxy groups -OCH3 is 1. The minimum absolute atomic E-state index is 0.0731. The molecule has 0 saturated heterocycles. The second-order valence-electron chi connectivity index (χ2n) is 6.18. The molecule has 0 fully saturated rings. The number of amides is 1. The van der Waals surface area contributed by atoms with Gasteiger partial charge in [-0.15, -0.1) is 0 Å². The molecule has 0 saturated carbocycles. The molecule has 2 aromatic carbocycles. The molecular weight excluding hydrogens is 384 g/mol. The summed E-state index contributed by atoms with van der Waals surface area (Å²) in [4.78, 5) is 24.2. The first-order valence-corrected chi connectivity index (χ1v) is 9.53. The van der Waals surface area contributed by atoms with Crippen LogP contribution < -0.4 is 14.8 Å². The van der Waals surface area contributed by atoms with E-state index in [1.807, 2.05) is 13.0 Å². The predicted octanol–water partition coefficient (Wildman–Crippen LogP) is 4.21. The van der Waals surface area contributed by atoms with Crippen molar-refractivity contribution in [1.29, 1.82) is 5.26 Å². The molecule has 0 unspecified atom stereocenters. The Balaban J connectivity index is 2.17. The molecule has 1 N–H and O–H groups in total. The zero-order valence-corrected chi connectivity index (χ0v) is 17.2. The van der Waals surface area contributed by atoms with E-state index < -0.39 is 11.9 Å². The number of hydrogen-bond acceptors (Lipinski definition) is 6. The lowest BCUT2D eigenvalue weighted by Gasteiger charge is -2.11. The largest absolute Gasteiger partial charge is 0.493 e. The minimum atomic E-state index is -0.562. The molecule has 0 heterocycles. The smallest absolute Gasteiger partial charge is 0.338 e. The van der Waals surface area contributed by atoms with Crippen molar-refractivity contribution in [2.75, 3.05) is 25.6 Å². The summed E-state index contributed by atoms with van der Waals surface area (Å²) < 4.78 is 15.9. The van der Waals surface area contributed by atoms with Gasteiger partial charge in [0.2, 0.25) is 0 Å². The van der Waals surface area contributed by atoms with Crippen molar-refractivity contribution in [2.45, 2.75) is 20.3 Å². The monoisotopic (exact) mass is 408 g/mol. The number of nitrogens with one attached hydrogen (secondary N) is 1. The molecule has 7 heteroatoms. The van der Waals surface area contributed by atoms with E-state index in [0.717, 1.165) is 6.42 Å². The Kier molecular flexibility index (Phi) is 8.45. The molecule has 2 aromatic rings. The molecule has 156 valence electrons. The highest BCUT2D eigenvalue weighted by Gasteiger charge is 2.12. The predicted molar refractivity (Wildman–Crippen MR) is 113 cm³/mol. The zero-order valence-electron chi connectivity index (χ0n) is 17.2. The van der Waals surface area contributed by atoms with Crippen molar-refractivity contribution in [3.63, 3.8) is 0 Å². The van der Waals surface area contributed by atoms with Crippen molar-refractivity contribution in [2.24, 2.45) is 0 Å². The van der Waals surface area contributed by atoms with Crippen molar-refractivity contribution >= 4 is 23.6 Å². The number of nitriles is 1. The van der Waals surface area contributed by atoms with Crippen LogP contribution in [0.15, 0.2) is 48.0 Å². The van der Waals surface area contributed by atoms with Crippen molar-refractivity contribution in [1.82, 2.24) is 0 Å². The number of carbonyl (C=O) groups excluding carboxylic acids is 2. The SMILES string of the molecule is CCCOc1cc(/C=C(\C#N)C(=O)Nc2ccc(C(=O)OCC)cc2)ccc1OC. The third-order valence-corrected chi connectivity index (χ3v) is 3.98. The lowest BCUT2D eigenvalue weighted by molar-refractivity contribution is -0.112. The Hall–Kier alpha value is -3.79. The van der Waals surface area contributed by atoms with Crippen LogP contribution in [0.3, 0.4) is 0 Å². The number of ether oxygens (including phenoxy) is 3. The highest BCUT2D eigenvalue weighted by atomic mass is 16.5. The minimum Gasteiger partial charge on any atom is -0.493 e. The van der Waals surface area contributed by atoms with Crippen molar-refractivity contribution < 1.29 is 23.8 Å². The molecule has 2 rings (SSSR count). The first-order valence-electron chi connectivity index (χ1n) is 9.53. The second-order valence-corrected chi connectivity index (χ2v) is 6.18. The van der Waals surface area contributed by atoms with E-state index in [9.17, 15) is 14.9 Å². The van der Waals surface area contributed by atoms with Crippen LogP contribution in [-0.2, 0) is 9.53 Å². The van der Waals surface area contributed by atoms with Gasteiger partial charge in [0.25, 0.3) is 5.91 Å². The number of esters is 1. The van der Waals surface area contributed by atoms with Crippen LogP contribution in [0.25, 0.3) is 6.08 Å². The van der Waals surface area contributed by atoms with E-state index >= 15 is 0 Å². The molecular formula is C23H24N2O5. The topological polar surface area (TPSA) is 97.7 Å². The first-order chi connectivity index (χ1) is 14.5. The van der Waals surface area contributed by atoms with Gasteiger partial charge in [-0.3, -0.25) is 4.79 Å². The van der Waals surface area contributed by atoms with Crippen LogP contribution in [0, 0.1) is 11.3 Å². The summed E-state index contributed by atoms with van der Waals surface area (Å²) in [7, 11) is 1.55. The van der Waals surface area contributed by atoms with Crippen molar-refractivity contribution in [3.05, 3.63) is 59.2 Å². The number of carbonyl (C=O) groups is 2. The quantitative estimate of drug-likeness (QED) is 0.379. The summed E-state index contributed by atoms with van der Waals surface area (Å²) in [6.45, 7) is 4.53. The fourth-order valence-corrected chi connectivity index (χ4v) is 2.53. The molecule has 0 radical (unpaired) electrons. The van der Waals surface area contributed by atoms with E-state index in [0.29, 0.717) is 34.9 Å². The van der Waals surface area contributed by atoms with Crippen LogP contribution in [0.5, 0.6) is 11.5 Å². The molecule has 0 spiro atoms. The lowest BCUT2D eigenvalue weighted by atomic mass is 10.1. The van der Waals surface area contributed by atoms with Gasteiger partial charge < -0.3 is 19.5 Å². The van der Waals surface area contributed by atoms with Crippen LogP contribution in [-0.4, -0.2) is 32.2 Å². The van der Waals surface area contributed by atoms with Gasteiger partial charge in [-0.05, 0) is 61.4 Å². The average Bonchev–Trinajstić information content (AvgIpc) is 2.76. The number of nitrogens with zero attached hydrogens (tertiary/aromatic N) is 1. The average molecular weight is 408 g/mol. The van der Waals surface area contributed by atoms with Crippen molar-refractivity contribution in [3.8, 4) is 17.6 Å². The van der Waals surface area contributed by atoms with Gasteiger partial charge in [0.1, 0.15) is 11.6 Å². The molecule has 0 aliphatic carbocycles. The van der Waals surface area contributed by atoms with Gasteiger partial charge in [-0.2, -0.15) is 5.26 Å². The molecule has 30 heavy (non-hydrogen) atoms. The molecule has 0 aliphatic rings. The van der Waals surface area contributed by atoms with Gasteiger partial charge in [0.15, 0.2) is 11.5 Å². The maximum absolute atomic E-state index is 12.5. The van der Waals surface area contributed by atoms with E-state index in [1.165, 1.54) is 6.08 Å². The maximum atomic E-state index is 12.5. The summed E-state index contributed by atoms with van der Waals surface area (Å²) in [5.74, 6) is 0.118. The Labute approximate surface area is 175 Å². The van der Waals surface area contributed by atoms with Gasteiger partial charge >= 0.3 is 5.97 Å². The third kappa shape index (κ3) is 6.11. The van der Waals surface area contributed by atoms with Gasteiger partial charge in [-0.25, -0.2) is 4.79 Å². The second kappa shape index (κ2) is 11.3. The molecule has 0 aromatic heterocycles. The lowest BCUT2D eigenvalue weighted by Crippen LogP contribution is -2.13. The molecule has 0 atom stereocenters. The Morgan fingerprint density at radius 1 is 1.10 bits per heavy atom. The standard InChI is InChI=1S/C23H24N2O5/c1-4-12-30-21-14-16(6-11-20(21)28-3)13-18(15-24)22(26)25-19-9-7-17(8-10-19)23(27)29-5-2/h6-11,13-14H,4-5,12H2,1-3H3,(H,25,26)/b18-13+. The Bertz CT molecular complexity index is 959. The molecule has 1 amide bonds. The number of hydrogen-bond donors (Lipinski definition) is 1. The number of rotatable bonds is 9. The van der Waals surface area contributed by atoms with E-state index in [-0.39, 0.29) is 12.2 Å². The van der Waals surface area contributed by atoms with Crippen LogP contribution in [0.4, 0.5) is 5.69 Å². The third-order valence-electron chi connectivity index (χ3n) is 3.98. The highest BCUT2D eigenvalue weighted by molar-refractivity contribution is 6.09. The van der Waals surface area contributed by atoms with E-state index in [1.54, 1.807) is 56.5 Å². The van der Waals surface area contributed by atoms with Gasteiger partial charge in [0.05, 0.1) is 25.9 Å². The Morgan fingerprint density at radius 3 is 2.43 bits per heavy atom. The summed E-state index contributed by atoms with van der Waals surface area (Å²) in [5.41, 5.74) is 1.39. The van der Waals surface area contributed by atoms with Gasteiger partial charge in [0, 0.05) is 5.69 Å². The molecule has 7 nitrogen and oxygen atoms in total. The normalized spacial score (nSPS) is 10.7. The zero-order chi connectivity index (χ0) is 21.9. The van der Waals surface area contributed by atoms with Gasteiger partial charge in [-0.1, -0.05) is 13.0 Å². The summed E-state index contributed by atoms with van der Waals surface area (Å²) in [5, 5.41) is 12.1. The van der Waals surface area contributed by atoms with Crippen LogP contribution >= 0.6 is 0 Å².